The van der Waals surface area contributed by atoms with Gasteiger partial charge in [-0.15, -0.1) is 0 Å². The van der Waals surface area contributed by atoms with Gasteiger partial charge in [-0.3, -0.25) is 0 Å². The highest BCUT2D eigenvalue weighted by molar-refractivity contribution is 9.11. The van der Waals surface area contributed by atoms with Gasteiger partial charge in [0.25, 0.3) is 0 Å². The third-order valence-corrected chi connectivity index (χ3v) is 6.14. The zero-order valence-corrected chi connectivity index (χ0v) is 16.3. The molecule has 0 bridgehead atoms. The number of hydrogen-bond donors (Lipinski definition) is 0. The Hall–Kier alpha value is -1.43. The summed E-state index contributed by atoms with van der Waals surface area (Å²) in [4.78, 5) is 0.320. The van der Waals surface area contributed by atoms with Gasteiger partial charge in [0.2, 0.25) is 10.0 Å². The Morgan fingerprint density at radius 1 is 1.08 bits per heavy atom. The summed E-state index contributed by atoms with van der Waals surface area (Å²) in [6, 6.07) is 17.1. The average molecular weight is 408 g/mol. The van der Waals surface area contributed by atoms with Crippen molar-refractivity contribution in [2.45, 2.75) is 24.7 Å². The highest BCUT2D eigenvalue weighted by Crippen LogP contribution is 2.18. The third-order valence-electron chi connectivity index (χ3n) is 3.74. The highest BCUT2D eigenvalue weighted by Gasteiger charge is 2.20. The number of rotatable bonds is 7. The second-order valence-electron chi connectivity index (χ2n) is 5.75. The van der Waals surface area contributed by atoms with Gasteiger partial charge in [0.15, 0.2) is 0 Å². The van der Waals surface area contributed by atoms with Crippen molar-refractivity contribution in [2.75, 3.05) is 13.6 Å². The normalized spacial score (nSPS) is 12.6. The lowest BCUT2D eigenvalue weighted by molar-refractivity contribution is 0.497. The number of aryl methyl sites for hydroxylation is 2. The van der Waals surface area contributed by atoms with Crippen LogP contribution in [0.4, 0.5) is 0 Å². The first-order valence-corrected chi connectivity index (χ1v) is 10.0. The molecule has 2 aromatic carbocycles. The molecule has 0 saturated carbocycles. The van der Waals surface area contributed by atoms with Crippen LogP contribution >= 0.6 is 15.9 Å². The molecule has 0 spiro atoms. The van der Waals surface area contributed by atoms with Gasteiger partial charge < -0.3 is 0 Å². The molecule has 0 N–H and O–H groups in total. The van der Waals surface area contributed by atoms with Gasteiger partial charge in [-0.2, -0.15) is 4.31 Å². The number of hydrogen-bond acceptors (Lipinski definition) is 2. The Balaban J connectivity index is 1.96. The minimum atomic E-state index is -3.47. The Labute approximate surface area is 153 Å². The van der Waals surface area contributed by atoms with Crippen LogP contribution in [0.1, 0.15) is 17.5 Å². The molecule has 0 amide bonds. The summed E-state index contributed by atoms with van der Waals surface area (Å²) < 4.78 is 27.3. The minimum absolute atomic E-state index is 0.320. The standard InChI is InChI=1S/C19H22BrNO2S/c1-16-11-13-19(14-12-16)24(22,23)21(2)15-18(20)10-6-9-17-7-4-3-5-8-17/h3-5,7-8,10-14H,6,9,15H2,1-2H3/b18-10+. The highest BCUT2D eigenvalue weighted by atomic mass is 79.9. The van der Waals surface area contributed by atoms with Crippen molar-refractivity contribution in [3.63, 3.8) is 0 Å². The maximum Gasteiger partial charge on any atom is 0.243 e. The SMILES string of the molecule is Cc1ccc(S(=O)(=O)N(C)C/C(Br)=C\CCc2ccccc2)cc1. The summed E-state index contributed by atoms with van der Waals surface area (Å²) >= 11 is 3.48. The monoisotopic (exact) mass is 407 g/mol. The van der Waals surface area contributed by atoms with Crippen LogP contribution in [0.25, 0.3) is 0 Å². The van der Waals surface area contributed by atoms with Crippen LogP contribution in [0.15, 0.2) is 70.1 Å². The zero-order chi connectivity index (χ0) is 17.6. The van der Waals surface area contributed by atoms with Gasteiger partial charge in [-0.25, -0.2) is 8.42 Å². The molecule has 0 aliphatic carbocycles. The topological polar surface area (TPSA) is 37.4 Å². The first-order chi connectivity index (χ1) is 11.4. The fraction of sp³-hybridized carbons (Fsp3) is 0.263. The number of nitrogens with zero attached hydrogens (tertiary/aromatic N) is 1. The molecule has 0 saturated heterocycles. The summed E-state index contributed by atoms with van der Waals surface area (Å²) in [5.74, 6) is 0. The van der Waals surface area contributed by atoms with Gasteiger partial charge in [-0.05, 0) is 37.5 Å². The maximum atomic E-state index is 12.6. The molecule has 0 unspecified atom stereocenters. The van der Waals surface area contributed by atoms with Crippen molar-refractivity contribution in [2.24, 2.45) is 0 Å². The van der Waals surface area contributed by atoms with E-state index in [0.717, 1.165) is 22.9 Å². The third kappa shape index (κ3) is 5.30. The van der Waals surface area contributed by atoms with E-state index in [9.17, 15) is 8.42 Å². The molecule has 3 nitrogen and oxygen atoms in total. The first-order valence-electron chi connectivity index (χ1n) is 7.81. The first kappa shape index (κ1) is 18.9. The van der Waals surface area contributed by atoms with Crippen molar-refractivity contribution < 1.29 is 8.42 Å². The molecule has 2 rings (SSSR count). The van der Waals surface area contributed by atoms with Crippen LogP contribution in [-0.4, -0.2) is 26.3 Å². The van der Waals surface area contributed by atoms with E-state index in [1.165, 1.54) is 9.87 Å². The summed E-state index contributed by atoms with van der Waals surface area (Å²) in [6.07, 6.45) is 3.83. The van der Waals surface area contributed by atoms with Crippen molar-refractivity contribution >= 4 is 26.0 Å². The zero-order valence-electron chi connectivity index (χ0n) is 13.9. The van der Waals surface area contributed by atoms with E-state index in [2.05, 4.69) is 28.1 Å². The lowest BCUT2D eigenvalue weighted by atomic mass is 10.1. The van der Waals surface area contributed by atoms with Gasteiger partial charge in [0.05, 0.1) is 4.90 Å². The maximum absolute atomic E-state index is 12.6. The quantitative estimate of drug-likeness (QED) is 0.675. The number of halogens is 1. The number of sulfonamides is 1. The molecule has 0 aliphatic rings. The molecule has 0 aromatic heterocycles. The van der Waals surface area contributed by atoms with E-state index in [1.54, 1.807) is 19.2 Å². The largest absolute Gasteiger partial charge is 0.243 e. The van der Waals surface area contributed by atoms with Crippen molar-refractivity contribution in [1.82, 2.24) is 4.31 Å². The summed E-state index contributed by atoms with van der Waals surface area (Å²) in [6.45, 7) is 2.26. The van der Waals surface area contributed by atoms with Gasteiger partial charge in [0.1, 0.15) is 0 Å². The predicted octanol–water partition coefficient (Wildman–Crippen LogP) is 4.53. The predicted molar refractivity (Wildman–Crippen MR) is 103 cm³/mol. The second-order valence-corrected chi connectivity index (χ2v) is 8.81. The van der Waals surface area contributed by atoms with E-state index in [1.807, 2.05) is 43.3 Å². The van der Waals surface area contributed by atoms with E-state index < -0.39 is 10.0 Å². The van der Waals surface area contributed by atoms with E-state index in [4.69, 9.17) is 0 Å². The molecular weight excluding hydrogens is 386 g/mol. The van der Waals surface area contributed by atoms with Crippen LogP contribution in [0.3, 0.4) is 0 Å². The van der Waals surface area contributed by atoms with E-state index >= 15 is 0 Å². The molecule has 2 aromatic rings. The average Bonchev–Trinajstić information content (AvgIpc) is 2.56. The van der Waals surface area contributed by atoms with Gasteiger partial charge in [0, 0.05) is 18.1 Å². The van der Waals surface area contributed by atoms with Crippen LogP contribution in [0, 0.1) is 6.92 Å². The fourth-order valence-corrected chi connectivity index (χ4v) is 4.21. The molecule has 0 fully saturated rings. The Bertz CT molecular complexity index is 784. The number of likely N-dealkylation sites (N-methyl/N-ethyl adjacent to an activating group) is 1. The van der Waals surface area contributed by atoms with Gasteiger partial charge >= 0.3 is 0 Å². The van der Waals surface area contributed by atoms with E-state index in [-0.39, 0.29) is 0 Å². The van der Waals surface area contributed by atoms with Crippen LogP contribution in [0.2, 0.25) is 0 Å². The lowest BCUT2D eigenvalue weighted by Gasteiger charge is -2.17. The Morgan fingerprint density at radius 2 is 1.71 bits per heavy atom. The Morgan fingerprint density at radius 3 is 2.33 bits per heavy atom. The van der Waals surface area contributed by atoms with Crippen molar-refractivity contribution in [3.8, 4) is 0 Å². The number of allylic oxidation sites excluding steroid dienone is 1. The van der Waals surface area contributed by atoms with Crippen LogP contribution in [0.5, 0.6) is 0 Å². The second kappa shape index (κ2) is 8.60. The molecule has 128 valence electrons. The van der Waals surface area contributed by atoms with Crippen LogP contribution < -0.4 is 0 Å². The lowest BCUT2D eigenvalue weighted by Crippen LogP contribution is -2.28. The summed E-state index contributed by atoms with van der Waals surface area (Å²) in [7, 11) is -1.87. The molecule has 0 radical (unpaired) electrons. The molecule has 0 atom stereocenters. The van der Waals surface area contributed by atoms with Crippen molar-refractivity contribution in [1.29, 1.82) is 0 Å². The van der Waals surface area contributed by atoms with Crippen molar-refractivity contribution in [3.05, 3.63) is 76.3 Å². The minimum Gasteiger partial charge on any atom is -0.207 e. The Kier molecular flexibility index (Phi) is 6.78. The molecule has 5 heteroatoms. The van der Waals surface area contributed by atoms with Gasteiger partial charge in [-0.1, -0.05) is 70.0 Å². The molecule has 0 heterocycles. The van der Waals surface area contributed by atoms with Crippen LogP contribution in [-0.2, 0) is 16.4 Å². The summed E-state index contributed by atoms with van der Waals surface area (Å²) in [5.41, 5.74) is 2.31. The summed E-state index contributed by atoms with van der Waals surface area (Å²) in [5, 5.41) is 0. The van der Waals surface area contributed by atoms with E-state index in [0.29, 0.717) is 11.4 Å². The fourth-order valence-electron chi connectivity index (χ4n) is 2.29. The number of benzene rings is 2. The molecule has 24 heavy (non-hydrogen) atoms. The smallest absolute Gasteiger partial charge is 0.207 e. The molecular formula is C19H22BrNO2S. The molecule has 0 aliphatic heterocycles.